The summed E-state index contributed by atoms with van der Waals surface area (Å²) in [5.41, 5.74) is 1.39. The van der Waals surface area contributed by atoms with Gasteiger partial charge in [0.15, 0.2) is 5.78 Å². The van der Waals surface area contributed by atoms with E-state index in [0.29, 0.717) is 17.4 Å². The van der Waals surface area contributed by atoms with Crippen LogP contribution in [0.5, 0.6) is 0 Å². The average Bonchev–Trinajstić information content (AvgIpc) is 2.60. The zero-order chi connectivity index (χ0) is 10.8. The van der Waals surface area contributed by atoms with Crippen molar-refractivity contribution in [2.24, 2.45) is 0 Å². The number of carbonyl (C=O) groups excluding carboxylic acids is 1. The zero-order valence-corrected chi connectivity index (χ0v) is 8.51. The van der Waals surface area contributed by atoms with Crippen molar-refractivity contribution in [1.29, 1.82) is 0 Å². The molecule has 0 amide bonds. The van der Waals surface area contributed by atoms with Crippen molar-refractivity contribution in [2.75, 3.05) is 0 Å². The fourth-order valence-corrected chi connectivity index (χ4v) is 1.69. The highest BCUT2D eigenvalue weighted by Gasteiger charge is 2.11. The Morgan fingerprint density at radius 2 is 2.27 bits per heavy atom. The molecule has 0 bridgehead atoms. The van der Waals surface area contributed by atoms with Gasteiger partial charge in [-0.2, -0.15) is 0 Å². The van der Waals surface area contributed by atoms with E-state index in [1.165, 1.54) is 12.1 Å². The summed E-state index contributed by atoms with van der Waals surface area (Å²) in [5, 5.41) is 0.674. The molecule has 1 aromatic heterocycles. The number of aromatic nitrogens is 1. The van der Waals surface area contributed by atoms with Gasteiger partial charge < -0.3 is 4.98 Å². The molecule has 0 aliphatic carbocycles. The highest BCUT2D eigenvalue weighted by Crippen LogP contribution is 2.20. The molecule has 0 fully saturated rings. The molecule has 0 aliphatic rings. The molecule has 3 heteroatoms. The Bertz CT molecular complexity index is 501. The summed E-state index contributed by atoms with van der Waals surface area (Å²) in [4.78, 5) is 14.7. The Morgan fingerprint density at radius 1 is 1.47 bits per heavy atom. The van der Waals surface area contributed by atoms with Crippen LogP contribution in [0.2, 0.25) is 0 Å². The molecule has 2 aromatic rings. The molecule has 0 radical (unpaired) electrons. The van der Waals surface area contributed by atoms with Crippen molar-refractivity contribution in [1.82, 2.24) is 4.98 Å². The van der Waals surface area contributed by atoms with Gasteiger partial charge in [-0.25, -0.2) is 4.39 Å². The number of halogens is 1. The van der Waals surface area contributed by atoms with E-state index in [4.69, 9.17) is 0 Å². The largest absolute Gasteiger partial charge is 0.360 e. The van der Waals surface area contributed by atoms with Crippen molar-refractivity contribution >= 4 is 16.7 Å². The number of rotatable bonds is 3. The first-order valence-corrected chi connectivity index (χ1v) is 5.02. The highest BCUT2D eigenvalue weighted by molar-refractivity contribution is 6.07. The van der Waals surface area contributed by atoms with Crippen LogP contribution in [0.4, 0.5) is 4.39 Å². The summed E-state index contributed by atoms with van der Waals surface area (Å²) in [6.45, 7) is 1.95. The first kappa shape index (κ1) is 9.90. The van der Waals surface area contributed by atoms with Crippen LogP contribution in [-0.4, -0.2) is 10.8 Å². The van der Waals surface area contributed by atoms with Gasteiger partial charge in [0.1, 0.15) is 5.82 Å². The molecule has 78 valence electrons. The molecule has 1 N–H and O–H groups in total. The molecule has 15 heavy (non-hydrogen) atoms. The van der Waals surface area contributed by atoms with Crippen LogP contribution in [-0.2, 0) is 0 Å². The summed E-state index contributed by atoms with van der Waals surface area (Å²) >= 11 is 0. The SMILES string of the molecule is CCCC(=O)c1c[nH]c2ccc(F)cc12. The number of hydrogen-bond acceptors (Lipinski definition) is 1. The minimum Gasteiger partial charge on any atom is -0.360 e. The van der Waals surface area contributed by atoms with Crippen LogP contribution >= 0.6 is 0 Å². The number of Topliss-reactive ketones (excluding diaryl/α,β-unsaturated/α-hetero) is 1. The van der Waals surface area contributed by atoms with Crippen molar-refractivity contribution in [3.8, 4) is 0 Å². The normalized spacial score (nSPS) is 10.8. The fraction of sp³-hybridized carbons (Fsp3) is 0.250. The van der Waals surface area contributed by atoms with Gasteiger partial charge in [0, 0.05) is 29.1 Å². The van der Waals surface area contributed by atoms with E-state index in [2.05, 4.69) is 4.98 Å². The highest BCUT2D eigenvalue weighted by atomic mass is 19.1. The second-order valence-electron chi connectivity index (χ2n) is 3.57. The lowest BCUT2D eigenvalue weighted by Crippen LogP contribution is -1.96. The summed E-state index contributed by atoms with van der Waals surface area (Å²) < 4.78 is 13.0. The van der Waals surface area contributed by atoms with E-state index in [0.717, 1.165) is 11.9 Å². The molecule has 0 aliphatic heterocycles. The van der Waals surface area contributed by atoms with Gasteiger partial charge in [0.2, 0.25) is 0 Å². The van der Waals surface area contributed by atoms with Crippen LogP contribution in [0.15, 0.2) is 24.4 Å². The van der Waals surface area contributed by atoms with Crippen molar-refractivity contribution in [2.45, 2.75) is 19.8 Å². The number of carbonyl (C=O) groups is 1. The summed E-state index contributed by atoms with van der Waals surface area (Å²) in [6.07, 6.45) is 2.96. The molecular formula is C12H12FNO. The molecule has 0 atom stereocenters. The van der Waals surface area contributed by atoms with Crippen molar-refractivity contribution in [3.05, 3.63) is 35.8 Å². The van der Waals surface area contributed by atoms with Gasteiger partial charge in [-0.15, -0.1) is 0 Å². The lowest BCUT2D eigenvalue weighted by molar-refractivity contribution is 0.0983. The Morgan fingerprint density at radius 3 is 3.00 bits per heavy atom. The van der Waals surface area contributed by atoms with E-state index in [9.17, 15) is 9.18 Å². The second-order valence-corrected chi connectivity index (χ2v) is 3.57. The first-order valence-electron chi connectivity index (χ1n) is 5.02. The van der Waals surface area contributed by atoms with E-state index >= 15 is 0 Å². The molecular weight excluding hydrogens is 193 g/mol. The predicted molar refractivity (Wildman–Crippen MR) is 57.5 cm³/mol. The third-order valence-corrected chi connectivity index (χ3v) is 2.42. The summed E-state index contributed by atoms with van der Waals surface area (Å²) in [5.74, 6) is -0.248. The van der Waals surface area contributed by atoms with Gasteiger partial charge in [-0.3, -0.25) is 4.79 Å². The minimum absolute atomic E-state index is 0.0642. The summed E-state index contributed by atoms with van der Waals surface area (Å²) in [6, 6.07) is 4.43. The number of ketones is 1. The van der Waals surface area contributed by atoms with E-state index in [-0.39, 0.29) is 11.6 Å². The lowest BCUT2D eigenvalue weighted by atomic mass is 10.1. The minimum atomic E-state index is -0.312. The topological polar surface area (TPSA) is 32.9 Å². The average molecular weight is 205 g/mol. The Labute approximate surface area is 87.1 Å². The molecule has 1 heterocycles. The number of nitrogens with one attached hydrogen (secondary N) is 1. The van der Waals surface area contributed by atoms with E-state index in [1.807, 2.05) is 6.92 Å². The molecule has 0 unspecified atom stereocenters. The van der Waals surface area contributed by atoms with Crippen molar-refractivity contribution in [3.63, 3.8) is 0 Å². The number of fused-ring (bicyclic) bond motifs is 1. The Kier molecular flexibility index (Phi) is 2.54. The zero-order valence-electron chi connectivity index (χ0n) is 8.51. The molecule has 2 nitrogen and oxygen atoms in total. The molecule has 2 rings (SSSR count). The summed E-state index contributed by atoms with van der Waals surface area (Å²) in [7, 11) is 0. The van der Waals surface area contributed by atoms with Crippen LogP contribution in [0, 0.1) is 5.82 Å². The van der Waals surface area contributed by atoms with Crippen molar-refractivity contribution < 1.29 is 9.18 Å². The van der Waals surface area contributed by atoms with Gasteiger partial charge in [-0.05, 0) is 24.6 Å². The third kappa shape index (κ3) is 1.77. The smallest absolute Gasteiger partial charge is 0.165 e. The molecule has 0 saturated heterocycles. The first-order chi connectivity index (χ1) is 7.22. The van der Waals surface area contributed by atoms with Gasteiger partial charge in [-0.1, -0.05) is 6.92 Å². The van der Waals surface area contributed by atoms with Gasteiger partial charge in [0.25, 0.3) is 0 Å². The lowest BCUT2D eigenvalue weighted by Gasteiger charge is -1.96. The standard InChI is InChI=1S/C12H12FNO/c1-2-3-12(15)10-7-14-11-5-4-8(13)6-9(10)11/h4-7,14H,2-3H2,1H3. The van der Waals surface area contributed by atoms with Crippen LogP contribution < -0.4 is 0 Å². The monoisotopic (exact) mass is 205 g/mol. The van der Waals surface area contributed by atoms with E-state index < -0.39 is 0 Å². The maximum atomic E-state index is 13.0. The van der Waals surface area contributed by atoms with Crippen LogP contribution in [0.25, 0.3) is 10.9 Å². The van der Waals surface area contributed by atoms with E-state index in [1.54, 1.807) is 12.3 Å². The predicted octanol–water partition coefficient (Wildman–Crippen LogP) is 3.29. The Hall–Kier alpha value is -1.64. The van der Waals surface area contributed by atoms with Gasteiger partial charge >= 0.3 is 0 Å². The number of hydrogen-bond donors (Lipinski definition) is 1. The van der Waals surface area contributed by atoms with Crippen LogP contribution in [0.1, 0.15) is 30.1 Å². The van der Waals surface area contributed by atoms with Crippen LogP contribution in [0.3, 0.4) is 0 Å². The number of benzene rings is 1. The maximum Gasteiger partial charge on any atom is 0.165 e. The van der Waals surface area contributed by atoms with Gasteiger partial charge in [0.05, 0.1) is 0 Å². The molecule has 0 saturated carbocycles. The molecule has 1 aromatic carbocycles. The number of H-pyrrole nitrogens is 1. The second kappa shape index (κ2) is 3.85. The Balaban J connectivity index is 2.52. The number of aromatic amines is 1. The molecule has 0 spiro atoms. The third-order valence-electron chi connectivity index (χ3n) is 2.42. The fourth-order valence-electron chi connectivity index (χ4n) is 1.69. The quantitative estimate of drug-likeness (QED) is 0.766. The maximum absolute atomic E-state index is 13.0.